The van der Waals surface area contributed by atoms with E-state index in [0.717, 1.165) is 50.7 Å². The van der Waals surface area contributed by atoms with Crippen molar-refractivity contribution in [2.45, 2.75) is 44.4 Å². The van der Waals surface area contributed by atoms with Crippen LogP contribution < -0.4 is 15.0 Å². The van der Waals surface area contributed by atoms with E-state index in [0.29, 0.717) is 12.6 Å². The number of nitrogens with zero attached hydrogens (tertiary/aromatic N) is 3. The number of nitrogens with one attached hydrogen (secondary N) is 1. The highest BCUT2D eigenvalue weighted by Gasteiger charge is 2.20. The molecule has 3 heterocycles. The van der Waals surface area contributed by atoms with Crippen molar-refractivity contribution >= 4 is 5.82 Å². The molecule has 27 heavy (non-hydrogen) atoms. The molecule has 6 nitrogen and oxygen atoms in total. The first-order valence-corrected chi connectivity index (χ1v) is 9.96. The second-order valence-electron chi connectivity index (χ2n) is 7.34. The smallest absolute Gasteiger partial charge is 0.151 e. The number of ether oxygens (including phenoxy) is 2. The van der Waals surface area contributed by atoms with Gasteiger partial charge in [-0.05, 0) is 55.5 Å². The van der Waals surface area contributed by atoms with E-state index in [1.165, 1.54) is 18.4 Å². The number of benzene rings is 1. The van der Waals surface area contributed by atoms with Crippen molar-refractivity contribution < 1.29 is 9.47 Å². The molecule has 2 atom stereocenters. The van der Waals surface area contributed by atoms with E-state index in [9.17, 15) is 0 Å². The number of hydrogen-bond acceptors (Lipinski definition) is 6. The fourth-order valence-electron chi connectivity index (χ4n) is 3.74. The molecule has 2 aliphatic heterocycles. The van der Waals surface area contributed by atoms with Crippen LogP contribution in [0.4, 0.5) is 5.82 Å². The Bertz CT molecular complexity index is 689. The summed E-state index contributed by atoms with van der Waals surface area (Å²) in [5.74, 6) is 1.89. The molecular formula is C21H28N4O2. The monoisotopic (exact) mass is 368 g/mol. The third kappa shape index (κ3) is 5.17. The summed E-state index contributed by atoms with van der Waals surface area (Å²) in [6.45, 7) is 4.41. The minimum atomic E-state index is 0.259. The van der Waals surface area contributed by atoms with E-state index in [2.05, 4.69) is 44.7 Å². The molecule has 2 saturated heterocycles. The highest BCUT2D eigenvalue weighted by atomic mass is 16.5. The molecule has 144 valence electrons. The van der Waals surface area contributed by atoms with Gasteiger partial charge in [0.2, 0.25) is 0 Å². The van der Waals surface area contributed by atoms with E-state index in [1.54, 1.807) is 6.20 Å². The van der Waals surface area contributed by atoms with Crippen molar-refractivity contribution in [2.75, 3.05) is 31.2 Å². The van der Waals surface area contributed by atoms with Crippen molar-refractivity contribution in [3.63, 3.8) is 0 Å². The van der Waals surface area contributed by atoms with Gasteiger partial charge < -0.3 is 19.7 Å². The maximum atomic E-state index is 5.84. The summed E-state index contributed by atoms with van der Waals surface area (Å²) in [6.07, 6.45) is 6.60. The molecule has 0 radical (unpaired) electrons. The lowest BCUT2D eigenvalue weighted by Crippen LogP contribution is -2.45. The highest BCUT2D eigenvalue weighted by molar-refractivity contribution is 5.37. The Morgan fingerprint density at radius 1 is 1.15 bits per heavy atom. The van der Waals surface area contributed by atoms with E-state index in [1.807, 2.05) is 12.1 Å². The maximum Gasteiger partial charge on any atom is 0.151 e. The first-order valence-electron chi connectivity index (χ1n) is 9.96. The fourth-order valence-corrected chi connectivity index (χ4v) is 3.74. The zero-order chi connectivity index (χ0) is 18.3. The normalized spacial score (nSPS) is 22.7. The molecule has 0 spiro atoms. The number of piperidine rings is 1. The SMILES string of the molecule is c1cnnc(N2CCCC(NCc3ccc(OCC4CCCO4)cc3)C2)c1. The number of rotatable bonds is 7. The lowest BCUT2D eigenvalue weighted by molar-refractivity contribution is 0.0679. The molecule has 0 saturated carbocycles. The van der Waals surface area contributed by atoms with E-state index < -0.39 is 0 Å². The third-order valence-electron chi connectivity index (χ3n) is 5.28. The Balaban J connectivity index is 1.23. The van der Waals surface area contributed by atoms with Gasteiger partial charge in [-0.25, -0.2) is 0 Å². The van der Waals surface area contributed by atoms with Gasteiger partial charge in [0, 0.05) is 38.5 Å². The van der Waals surface area contributed by atoms with Crippen LogP contribution in [0.15, 0.2) is 42.6 Å². The second-order valence-corrected chi connectivity index (χ2v) is 7.34. The molecule has 2 aliphatic rings. The fraction of sp³-hybridized carbons (Fsp3) is 0.524. The quantitative estimate of drug-likeness (QED) is 0.811. The molecule has 1 aromatic carbocycles. The van der Waals surface area contributed by atoms with Crippen molar-refractivity contribution in [1.82, 2.24) is 15.5 Å². The Kier molecular flexibility index (Phi) is 6.17. The van der Waals surface area contributed by atoms with Crippen LogP contribution in [0.25, 0.3) is 0 Å². The summed E-state index contributed by atoms with van der Waals surface area (Å²) in [6, 6.07) is 12.8. The Labute approximate surface area is 160 Å². The zero-order valence-corrected chi connectivity index (χ0v) is 15.7. The van der Waals surface area contributed by atoms with Gasteiger partial charge in [-0.2, -0.15) is 5.10 Å². The van der Waals surface area contributed by atoms with Gasteiger partial charge >= 0.3 is 0 Å². The molecule has 1 N–H and O–H groups in total. The summed E-state index contributed by atoms with van der Waals surface area (Å²) in [5, 5.41) is 11.9. The van der Waals surface area contributed by atoms with Crippen LogP contribution in [0.1, 0.15) is 31.2 Å². The van der Waals surface area contributed by atoms with Gasteiger partial charge in [-0.15, -0.1) is 5.10 Å². The summed E-state index contributed by atoms with van der Waals surface area (Å²) in [4.78, 5) is 2.32. The van der Waals surface area contributed by atoms with Crippen molar-refractivity contribution in [1.29, 1.82) is 0 Å². The van der Waals surface area contributed by atoms with Crippen LogP contribution in [0.2, 0.25) is 0 Å². The second kappa shape index (κ2) is 9.15. The minimum Gasteiger partial charge on any atom is -0.491 e. The molecule has 6 heteroatoms. The predicted octanol–water partition coefficient (Wildman–Crippen LogP) is 2.79. The van der Waals surface area contributed by atoms with Gasteiger partial charge in [-0.3, -0.25) is 0 Å². The van der Waals surface area contributed by atoms with Gasteiger partial charge in [0.05, 0.1) is 6.10 Å². The molecule has 0 bridgehead atoms. The van der Waals surface area contributed by atoms with Crippen LogP contribution in [-0.4, -0.2) is 48.6 Å². The average Bonchev–Trinajstić information content (AvgIpc) is 3.26. The van der Waals surface area contributed by atoms with Crippen molar-refractivity contribution in [2.24, 2.45) is 0 Å². The van der Waals surface area contributed by atoms with Crippen LogP contribution >= 0.6 is 0 Å². The molecule has 2 unspecified atom stereocenters. The van der Waals surface area contributed by atoms with Crippen molar-refractivity contribution in [3.8, 4) is 5.75 Å². The van der Waals surface area contributed by atoms with Crippen molar-refractivity contribution in [3.05, 3.63) is 48.2 Å². The van der Waals surface area contributed by atoms with Crippen LogP contribution in [0, 0.1) is 0 Å². The maximum absolute atomic E-state index is 5.84. The summed E-state index contributed by atoms with van der Waals surface area (Å²) >= 11 is 0. The lowest BCUT2D eigenvalue weighted by Gasteiger charge is -2.33. The van der Waals surface area contributed by atoms with E-state index in [-0.39, 0.29) is 6.10 Å². The topological polar surface area (TPSA) is 59.5 Å². The first kappa shape index (κ1) is 18.2. The number of aromatic nitrogens is 2. The van der Waals surface area contributed by atoms with Gasteiger partial charge in [-0.1, -0.05) is 12.1 Å². The lowest BCUT2D eigenvalue weighted by atomic mass is 10.1. The van der Waals surface area contributed by atoms with Gasteiger partial charge in [0.25, 0.3) is 0 Å². The van der Waals surface area contributed by atoms with Crippen LogP contribution in [0.3, 0.4) is 0 Å². The van der Waals surface area contributed by atoms with E-state index in [4.69, 9.17) is 9.47 Å². The molecule has 2 aromatic rings. The number of anilines is 1. The Hall–Kier alpha value is -2.18. The molecule has 4 rings (SSSR count). The summed E-state index contributed by atoms with van der Waals surface area (Å²) in [5.41, 5.74) is 1.27. The third-order valence-corrected chi connectivity index (χ3v) is 5.28. The van der Waals surface area contributed by atoms with Crippen LogP contribution in [0.5, 0.6) is 5.75 Å². The van der Waals surface area contributed by atoms with Gasteiger partial charge in [0.15, 0.2) is 5.82 Å². The van der Waals surface area contributed by atoms with Gasteiger partial charge in [0.1, 0.15) is 12.4 Å². The number of hydrogen-bond donors (Lipinski definition) is 1. The average molecular weight is 368 g/mol. The summed E-state index contributed by atoms with van der Waals surface area (Å²) in [7, 11) is 0. The summed E-state index contributed by atoms with van der Waals surface area (Å²) < 4.78 is 11.4. The zero-order valence-electron chi connectivity index (χ0n) is 15.7. The standard InChI is InChI=1S/C21H28N4O2/c1-6-21(24-23-11-1)25-12-2-4-18(15-25)22-14-17-7-9-19(10-8-17)27-16-20-5-3-13-26-20/h1,6-11,18,20,22H,2-5,12-16H2. The molecular weight excluding hydrogens is 340 g/mol. The molecule has 1 aromatic heterocycles. The van der Waals surface area contributed by atoms with E-state index >= 15 is 0 Å². The predicted molar refractivity (Wildman–Crippen MR) is 105 cm³/mol. The Morgan fingerprint density at radius 3 is 2.85 bits per heavy atom. The minimum absolute atomic E-state index is 0.259. The molecule has 0 aliphatic carbocycles. The first-order chi connectivity index (χ1) is 13.4. The molecule has 0 amide bonds. The highest BCUT2D eigenvalue weighted by Crippen LogP contribution is 2.19. The molecule has 2 fully saturated rings. The van der Waals surface area contributed by atoms with Crippen LogP contribution in [-0.2, 0) is 11.3 Å². The largest absolute Gasteiger partial charge is 0.491 e. The Morgan fingerprint density at radius 2 is 2.07 bits per heavy atom.